The summed E-state index contributed by atoms with van der Waals surface area (Å²) in [4.78, 5) is 0. The van der Waals surface area contributed by atoms with E-state index in [9.17, 15) is 0 Å². The van der Waals surface area contributed by atoms with Crippen molar-refractivity contribution in [2.24, 2.45) is 11.5 Å². The van der Waals surface area contributed by atoms with Crippen molar-refractivity contribution in [3.8, 4) is 0 Å². The Bertz CT molecular complexity index is 108. The normalized spacial score (nSPS) is 23.7. The number of allylic oxidation sites excluding steroid dienone is 2. The second-order valence-electron chi connectivity index (χ2n) is 1.72. The molecule has 0 unspecified atom stereocenters. The summed E-state index contributed by atoms with van der Waals surface area (Å²) in [7, 11) is 0. The highest BCUT2D eigenvalue weighted by Gasteiger charge is 2.10. The van der Waals surface area contributed by atoms with Crippen LogP contribution in [-0.2, 0) is 0 Å². The topological polar surface area (TPSA) is 52.0 Å². The zero-order valence-corrected chi connectivity index (χ0v) is 3.96. The molecule has 1 rings (SSSR count). The second kappa shape index (κ2) is 1.18. The molecule has 0 radical (unpaired) electrons. The molecule has 0 aromatic heterocycles. The Morgan fingerprint density at radius 1 is 1.00 bits per heavy atom. The van der Waals surface area contributed by atoms with Crippen LogP contribution < -0.4 is 11.5 Å². The zero-order chi connectivity index (χ0) is 5.33. The fourth-order valence-corrected chi connectivity index (χ4v) is 0.500. The third-order valence-electron chi connectivity index (χ3n) is 0.881. The fraction of sp³-hybridized carbons (Fsp3) is 0.200. The van der Waals surface area contributed by atoms with Crippen molar-refractivity contribution in [2.75, 3.05) is 0 Å². The molecule has 4 N–H and O–H groups in total. The van der Waals surface area contributed by atoms with Gasteiger partial charge in [0.15, 0.2) is 0 Å². The van der Waals surface area contributed by atoms with E-state index in [1.165, 1.54) is 0 Å². The lowest BCUT2D eigenvalue weighted by molar-refractivity contribution is 0.704. The van der Waals surface area contributed by atoms with E-state index in [0.29, 0.717) is 0 Å². The van der Waals surface area contributed by atoms with Crippen LogP contribution >= 0.6 is 0 Å². The molecule has 0 atom stereocenters. The summed E-state index contributed by atoms with van der Waals surface area (Å²) in [6.45, 7) is 0. The summed E-state index contributed by atoms with van der Waals surface area (Å²) < 4.78 is 0. The average molecular weight is 96.1 g/mol. The molecular weight excluding hydrogens is 88.1 g/mol. The van der Waals surface area contributed by atoms with Gasteiger partial charge in [-0.3, -0.25) is 0 Å². The highest BCUT2D eigenvalue weighted by molar-refractivity contribution is 5.26. The van der Waals surface area contributed by atoms with E-state index in [0.717, 1.165) is 0 Å². The first-order valence-electron chi connectivity index (χ1n) is 2.15. The van der Waals surface area contributed by atoms with Gasteiger partial charge >= 0.3 is 0 Å². The van der Waals surface area contributed by atoms with Gasteiger partial charge in [-0.15, -0.1) is 0 Å². The Morgan fingerprint density at radius 3 is 1.57 bits per heavy atom. The maximum atomic E-state index is 5.38. The predicted molar refractivity (Wildman–Crippen MR) is 29.4 cm³/mol. The lowest BCUT2D eigenvalue weighted by Crippen LogP contribution is -2.43. The van der Waals surface area contributed by atoms with Crippen molar-refractivity contribution < 1.29 is 0 Å². The van der Waals surface area contributed by atoms with Gasteiger partial charge in [0.2, 0.25) is 0 Å². The van der Waals surface area contributed by atoms with Crippen LogP contribution in [-0.4, -0.2) is 5.66 Å². The van der Waals surface area contributed by atoms with Gasteiger partial charge in [0.1, 0.15) is 5.66 Å². The summed E-state index contributed by atoms with van der Waals surface area (Å²) in [6, 6.07) is 0. The first-order chi connectivity index (χ1) is 3.21. The van der Waals surface area contributed by atoms with Crippen molar-refractivity contribution in [3.63, 3.8) is 0 Å². The number of hydrogen-bond donors (Lipinski definition) is 2. The van der Waals surface area contributed by atoms with E-state index >= 15 is 0 Å². The molecule has 0 saturated carbocycles. The largest absolute Gasteiger partial charge is 0.307 e. The highest BCUT2D eigenvalue weighted by Crippen LogP contribution is 2.02. The molecule has 1 aliphatic rings. The van der Waals surface area contributed by atoms with E-state index < -0.39 is 5.66 Å². The molecule has 0 saturated heterocycles. The molecule has 2 heteroatoms. The van der Waals surface area contributed by atoms with Gasteiger partial charge in [-0.2, -0.15) is 0 Å². The zero-order valence-electron chi connectivity index (χ0n) is 3.96. The number of hydrogen-bond acceptors (Lipinski definition) is 2. The third kappa shape index (κ3) is 0.885. The molecule has 38 valence electrons. The van der Waals surface area contributed by atoms with E-state index in [2.05, 4.69) is 0 Å². The fourth-order valence-electron chi connectivity index (χ4n) is 0.500. The summed E-state index contributed by atoms with van der Waals surface area (Å²) in [5.74, 6) is 0. The number of nitrogens with two attached hydrogens (primary N) is 2. The monoisotopic (exact) mass is 96.1 g/mol. The van der Waals surface area contributed by atoms with Gasteiger partial charge in [0.05, 0.1) is 0 Å². The van der Waals surface area contributed by atoms with Crippen LogP contribution in [0.1, 0.15) is 0 Å². The smallest absolute Gasteiger partial charge is 0.103 e. The van der Waals surface area contributed by atoms with Gasteiger partial charge in [0, 0.05) is 0 Å². The molecule has 7 heavy (non-hydrogen) atoms. The van der Waals surface area contributed by atoms with Crippen LogP contribution in [0.2, 0.25) is 0 Å². The first kappa shape index (κ1) is 4.56. The maximum Gasteiger partial charge on any atom is 0.103 e. The van der Waals surface area contributed by atoms with Crippen molar-refractivity contribution >= 4 is 0 Å². The molecule has 0 fully saturated rings. The predicted octanol–water partition coefficient (Wildman–Crippen LogP) is -0.274. The lowest BCUT2D eigenvalue weighted by atomic mass is 10.2. The highest BCUT2D eigenvalue weighted by atomic mass is 14.9. The SMILES string of the molecule is NC1(N)C=CC=C1. The Labute approximate surface area is 42.5 Å². The van der Waals surface area contributed by atoms with Crippen LogP contribution in [0.15, 0.2) is 24.3 Å². The van der Waals surface area contributed by atoms with Gasteiger partial charge in [-0.05, 0) is 12.2 Å². The molecule has 0 aromatic carbocycles. The van der Waals surface area contributed by atoms with Crippen LogP contribution in [0.5, 0.6) is 0 Å². The van der Waals surface area contributed by atoms with Crippen LogP contribution in [0.3, 0.4) is 0 Å². The Hall–Kier alpha value is -0.600. The van der Waals surface area contributed by atoms with Gasteiger partial charge < -0.3 is 11.5 Å². The quantitative estimate of drug-likeness (QED) is 0.408. The lowest BCUT2D eigenvalue weighted by Gasteiger charge is -2.09. The van der Waals surface area contributed by atoms with E-state index in [4.69, 9.17) is 11.5 Å². The van der Waals surface area contributed by atoms with Gasteiger partial charge in [-0.25, -0.2) is 0 Å². The molecule has 0 aliphatic heterocycles. The molecule has 0 heterocycles. The third-order valence-corrected chi connectivity index (χ3v) is 0.881. The molecule has 0 spiro atoms. The average Bonchev–Trinajstić information content (AvgIpc) is 1.84. The van der Waals surface area contributed by atoms with Crippen molar-refractivity contribution in [1.29, 1.82) is 0 Å². The van der Waals surface area contributed by atoms with E-state index in [-0.39, 0.29) is 0 Å². The summed E-state index contributed by atoms with van der Waals surface area (Å²) in [5, 5.41) is 0. The van der Waals surface area contributed by atoms with Crippen LogP contribution in [0, 0.1) is 0 Å². The summed E-state index contributed by atoms with van der Waals surface area (Å²) >= 11 is 0. The second-order valence-corrected chi connectivity index (χ2v) is 1.72. The van der Waals surface area contributed by atoms with Gasteiger partial charge in [-0.1, -0.05) is 12.2 Å². The Morgan fingerprint density at radius 2 is 1.43 bits per heavy atom. The van der Waals surface area contributed by atoms with Crippen molar-refractivity contribution in [1.82, 2.24) is 0 Å². The van der Waals surface area contributed by atoms with Crippen molar-refractivity contribution in [3.05, 3.63) is 24.3 Å². The molecule has 0 amide bonds. The van der Waals surface area contributed by atoms with E-state index in [1.54, 1.807) is 12.2 Å². The minimum Gasteiger partial charge on any atom is -0.307 e. The molecular formula is C5H8N2. The molecule has 0 aromatic rings. The molecule has 1 aliphatic carbocycles. The first-order valence-corrected chi connectivity index (χ1v) is 2.15. The van der Waals surface area contributed by atoms with Gasteiger partial charge in [0.25, 0.3) is 0 Å². The van der Waals surface area contributed by atoms with Crippen LogP contribution in [0.25, 0.3) is 0 Å². The minimum absolute atomic E-state index is 0.667. The maximum absolute atomic E-state index is 5.38. The minimum atomic E-state index is -0.667. The Balaban J connectivity index is 2.77. The number of rotatable bonds is 0. The van der Waals surface area contributed by atoms with Crippen molar-refractivity contribution in [2.45, 2.75) is 5.66 Å². The molecule has 2 nitrogen and oxygen atoms in total. The molecule has 0 bridgehead atoms. The van der Waals surface area contributed by atoms with Crippen LogP contribution in [0.4, 0.5) is 0 Å². The van der Waals surface area contributed by atoms with E-state index in [1.807, 2.05) is 12.2 Å². The standard InChI is InChI=1S/C5H8N2/c6-5(7)3-1-2-4-5/h1-4H,6-7H2. The summed E-state index contributed by atoms with van der Waals surface area (Å²) in [6.07, 6.45) is 7.15. The summed E-state index contributed by atoms with van der Waals surface area (Å²) in [5.41, 5.74) is 10.1. The Kier molecular flexibility index (Phi) is 0.770.